The lowest BCUT2D eigenvalue weighted by Crippen LogP contribution is -2.28. The average Bonchev–Trinajstić information content (AvgIpc) is 2.62. The number of amides is 1. The van der Waals surface area contributed by atoms with Crippen LogP contribution in [0, 0.1) is 0 Å². The van der Waals surface area contributed by atoms with E-state index < -0.39 is 0 Å². The molecule has 116 valence electrons. The zero-order chi connectivity index (χ0) is 16.2. The first kappa shape index (κ1) is 15.2. The number of carbonyl (C=O) groups excluding carboxylic acids is 1. The van der Waals surface area contributed by atoms with Gasteiger partial charge in [-0.25, -0.2) is 0 Å². The van der Waals surface area contributed by atoms with Gasteiger partial charge in [-0.15, -0.1) is 5.10 Å². The second-order valence-electron chi connectivity index (χ2n) is 5.49. The lowest BCUT2D eigenvalue weighted by atomic mass is 10.0. The Morgan fingerprint density at radius 2 is 1.61 bits per heavy atom. The van der Waals surface area contributed by atoms with Crippen LogP contribution in [0.25, 0.3) is 22.0 Å². The largest absolute Gasteiger partial charge is 0.346 e. The normalized spacial score (nSPS) is 10.7. The van der Waals surface area contributed by atoms with E-state index in [0.717, 1.165) is 27.7 Å². The number of hydrogen-bond acceptors (Lipinski definition) is 3. The van der Waals surface area contributed by atoms with Crippen molar-refractivity contribution in [1.29, 1.82) is 0 Å². The summed E-state index contributed by atoms with van der Waals surface area (Å²) in [6.45, 7) is 2.65. The first-order valence-electron chi connectivity index (χ1n) is 7.74. The molecule has 3 rings (SSSR count). The van der Waals surface area contributed by atoms with Gasteiger partial charge in [0.15, 0.2) is 0 Å². The topological polar surface area (TPSA) is 46.1 Å². The highest BCUT2D eigenvalue weighted by atomic mass is 16.2. The molecule has 1 aromatic heterocycles. The highest BCUT2D eigenvalue weighted by Crippen LogP contribution is 2.27. The molecule has 0 N–H and O–H groups in total. The fourth-order valence-electron chi connectivity index (χ4n) is 2.55. The summed E-state index contributed by atoms with van der Waals surface area (Å²) in [6.07, 6.45) is 0.271. The highest BCUT2D eigenvalue weighted by molar-refractivity contribution is 5.97. The van der Waals surface area contributed by atoms with Gasteiger partial charge in [-0.1, -0.05) is 54.6 Å². The van der Waals surface area contributed by atoms with Crippen LogP contribution < -0.4 is 0 Å². The van der Waals surface area contributed by atoms with Crippen LogP contribution in [0.15, 0.2) is 54.6 Å². The summed E-state index contributed by atoms with van der Waals surface area (Å²) >= 11 is 0. The van der Waals surface area contributed by atoms with Gasteiger partial charge < -0.3 is 4.90 Å². The zero-order valence-electron chi connectivity index (χ0n) is 13.4. The Balaban J connectivity index is 2.08. The molecule has 23 heavy (non-hydrogen) atoms. The van der Waals surface area contributed by atoms with Crippen LogP contribution in [0.5, 0.6) is 0 Å². The molecule has 0 bridgehead atoms. The number of carbonyl (C=O) groups is 1. The van der Waals surface area contributed by atoms with Crippen molar-refractivity contribution in [3.63, 3.8) is 0 Å². The Bertz CT molecular complexity index is 830. The summed E-state index contributed by atoms with van der Waals surface area (Å²) in [6, 6.07) is 18.0. The lowest BCUT2D eigenvalue weighted by molar-refractivity contribution is -0.129. The van der Waals surface area contributed by atoms with Gasteiger partial charge in [0.2, 0.25) is 5.91 Å². The molecule has 0 aliphatic carbocycles. The predicted octanol–water partition coefficient (Wildman–Crippen LogP) is 3.32. The van der Waals surface area contributed by atoms with Crippen molar-refractivity contribution < 1.29 is 4.79 Å². The Morgan fingerprint density at radius 3 is 2.30 bits per heavy atom. The molecule has 0 spiro atoms. The second-order valence-corrected chi connectivity index (χ2v) is 5.49. The Morgan fingerprint density at radius 1 is 0.957 bits per heavy atom. The number of rotatable bonds is 4. The molecule has 0 unspecified atom stereocenters. The van der Waals surface area contributed by atoms with Crippen molar-refractivity contribution in [1.82, 2.24) is 15.1 Å². The van der Waals surface area contributed by atoms with E-state index in [2.05, 4.69) is 10.2 Å². The molecule has 0 fully saturated rings. The minimum atomic E-state index is 0.0550. The Kier molecular flexibility index (Phi) is 4.33. The monoisotopic (exact) mass is 305 g/mol. The Hall–Kier alpha value is -2.75. The maximum atomic E-state index is 12.2. The van der Waals surface area contributed by atoms with Gasteiger partial charge in [-0.2, -0.15) is 5.10 Å². The van der Waals surface area contributed by atoms with Crippen molar-refractivity contribution in [3.8, 4) is 11.3 Å². The van der Waals surface area contributed by atoms with E-state index in [4.69, 9.17) is 0 Å². The van der Waals surface area contributed by atoms with Gasteiger partial charge in [0, 0.05) is 29.9 Å². The van der Waals surface area contributed by atoms with Crippen LogP contribution in [0.1, 0.15) is 12.6 Å². The molecule has 4 heteroatoms. The molecular weight excluding hydrogens is 286 g/mol. The smallest absolute Gasteiger partial charge is 0.228 e. The maximum Gasteiger partial charge on any atom is 0.228 e. The van der Waals surface area contributed by atoms with Crippen LogP contribution in [0.3, 0.4) is 0 Å². The summed E-state index contributed by atoms with van der Waals surface area (Å²) in [5, 5.41) is 10.7. The summed E-state index contributed by atoms with van der Waals surface area (Å²) in [4.78, 5) is 13.9. The summed E-state index contributed by atoms with van der Waals surface area (Å²) in [7, 11) is 1.80. The van der Waals surface area contributed by atoms with Crippen LogP contribution >= 0.6 is 0 Å². The van der Waals surface area contributed by atoms with Crippen molar-refractivity contribution >= 4 is 16.7 Å². The summed E-state index contributed by atoms with van der Waals surface area (Å²) < 4.78 is 0. The quantitative estimate of drug-likeness (QED) is 0.743. The van der Waals surface area contributed by atoms with Crippen molar-refractivity contribution in [2.75, 3.05) is 13.6 Å². The first-order chi connectivity index (χ1) is 11.2. The number of fused-ring (bicyclic) bond motifs is 1. The van der Waals surface area contributed by atoms with Gasteiger partial charge >= 0.3 is 0 Å². The van der Waals surface area contributed by atoms with Crippen molar-refractivity contribution in [3.05, 3.63) is 60.3 Å². The van der Waals surface area contributed by atoms with Gasteiger partial charge in [0.25, 0.3) is 0 Å². The minimum Gasteiger partial charge on any atom is -0.346 e. The maximum absolute atomic E-state index is 12.2. The third-order valence-electron chi connectivity index (χ3n) is 4.03. The number of hydrogen-bond donors (Lipinski definition) is 0. The fourth-order valence-corrected chi connectivity index (χ4v) is 2.55. The SMILES string of the molecule is CCN(C)C(=O)Cc1nnc(-c2ccccc2)c2ccccc12. The van der Waals surface area contributed by atoms with Gasteiger partial charge in [-0.3, -0.25) is 4.79 Å². The molecule has 2 aromatic carbocycles. The number of aromatic nitrogens is 2. The molecule has 0 atom stereocenters. The molecule has 0 aliphatic rings. The van der Waals surface area contributed by atoms with E-state index in [1.807, 2.05) is 61.5 Å². The zero-order valence-corrected chi connectivity index (χ0v) is 13.4. The standard InChI is InChI=1S/C19H19N3O/c1-3-22(2)18(23)13-17-15-11-7-8-12-16(15)19(21-20-17)14-9-5-4-6-10-14/h4-12H,3,13H2,1-2H3. The third-order valence-corrected chi connectivity index (χ3v) is 4.03. The minimum absolute atomic E-state index is 0.0550. The summed E-state index contributed by atoms with van der Waals surface area (Å²) in [5.74, 6) is 0.0550. The molecule has 4 nitrogen and oxygen atoms in total. The van der Waals surface area contributed by atoms with E-state index in [9.17, 15) is 4.79 Å². The first-order valence-corrected chi connectivity index (χ1v) is 7.74. The molecule has 0 saturated carbocycles. The highest BCUT2D eigenvalue weighted by Gasteiger charge is 2.15. The van der Waals surface area contributed by atoms with Crippen LogP contribution in [-0.2, 0) is 11.2 Å². The van der Waals surface area contributed by atoms with Crippen molar-refractivity contribution in [2.24, 2.45) is 0 Å². The second kappa shape index (κ2) is 6.57. The van der Waals surface area contributed by atoms with Crippen LogP contribution in [0.2, 0.25) is 0 Å². The molecule has 0 aliphatic heterocycles. The lowest BCUT2D eigenvalue weighted by Gasteiger charge is -2.15. The Labute approximate surface area is 135 Å². The molecule has 1 heterocycles. The van der Waals surface area contributed by atoms with Gasteiger partial charge in [0.05, 0.1) is 12.1 Å². The molecule has 3 aromatic rings. The molecular formula is C19H19N3O. The van der Waals surface area contributed by atoms with E-state index in [0.29, 0.717) is 6.54 Å². The number of nitrogens with zero attached hydrogens (tertiary/aromatic N) is 3. The van der Waals surface area contributed by atoms with E-state index >= 15 is 0 Å². The fraction of sp³-hybridized carbons (Fsp3) is 0.211. The van der Waals surface area contributed by atoms with E-state index in [-0.39, 0.29) is 12.3 Å². The predicted molar refractivity (Wildman–Crippen MR) is 92.0 cm³/mol. The average molecular weight is 305 g/mol. The van der Waals surface area contributed by atoms with Crippen LogP contribution in [-0.4, -0.2) is 34.6 Å². The van der Waals surface area contributed by atoms with E-state index in [1.54, 1.807) is 11.9 Å². The van der Waals surface area contributed by atoms with Gasteiger partial charge in [0.1, 0.15) is 5.69 Å². The van der Waals surface area contributed by atoms with Gasteiger partial charge in [-0.05, 0) is 6.92 Å². The third kappa shape index (κ3) is 3.06. The van der Waals surface area contributed by atoms with E-state index in [1.165, 1.54) is 0 Å². The molecule has 0 radical (unpaired) electrons. The number of likely N-dealkylation sites (N-methyl/N-ethyl adjacent to an activating group) is 1. The van der Waals surface area contributed by atoms with Crippen LogP contribution in [0.4, 0.5) is 0 Å². The number of benzene rings is 2. The molecule has 0 saturated heterocycles. The van der Waals surface area contributed by atoms with Crippen molar-refractivity contribution in [2.45, 2.75) is 13.3 Å². The summed E-state index contributed by atoms with van der Waals surface area (Å²) in [5.41, 5.74) is 2.60. The molecule has 1 amide bonds.